The van der Waals surface area contributed by atoms with Crippen molar-refractivity contribution < 1.29 is 0 Å². The number of nitrogens with zero attached hydrogens (tertiary/aromatic N) is 4. The lowest BCUT2D eigenvalue weighted by Crippen LogP contribution is -2.03. The van der Waals surface area contributed by atoms with Crippen LogP contribution in [0.5, 0.6) is 0 Å². The summed E-state index contributed by atoms with van der Waals surface area (Å²) in [5.41, 5.74) is 12.5. The van der Waals surface area contributed by atoms with Crippen LogP contribution in [0.3, 0.4) is 0 Å². The van der Waals surface area contributed by atoms with Crippen LogP contribution in [0.1, 0.15) is 5.56 Å². The first-order valence-electron chi connectivity index (χ1n) is 17.9. The third-order valence-electron chi connectivity index (χ3n) is 10.9. The molecule has 53 heavy (non-hydrogen) atoms. The van der Waals surface area contributed by atoms with Crippen molar-refractivity contribution in [3.05, 3.63) is 188 Å². The fourth-order valence-corrected chi connectivity index (χ4v) is 8.61. The topological polar surface area (TPSA) is 38.6 Å². The lowest BCUT2D eigenvalue weighted by molar-refractivity contribution is 1.12. The molecule has 0 fully saturated rings. The molecule has 4 heteroatoms. The zero-order valence-electron chi connectivity index (χ0n) is 28.6. The maximum Gasteiger partial charge on any atom is 0.104 e. The third-order valence-corrected chi connectivity index (χ3v) is 10.9. The maximum atomic E-state index is 10.9. The number of hydrogen-bond donors (Lipinski definition) is 0. The minimum Gasteiger partial charge on any atom is -0.309 e. The van der Waals surface area contributed by atoms with Crippen molar-refractivity contribution in [2.24, 2.45) is 0 Å². The van der Waals surface area contributed by atoms with Crippen molar-refractivity contribution in [2.45, 2.75) is 0 Å². The fourth-order valence-electron chi connectivity index (χ4n) is 8.61. The molecule has 0 amide bonds. The van der Waals surface area contributed by atoms with Crippen LogP contribution in [-0.4, -0.2) is 13.7 Å². The Morgan fingerprint density at radius 3 is 1.32 bits per heavy atom. The molecule has 0 aliphatic carbocycles. The van der Waals surface area contributed by atoms with E-state index in [9.17, 15) is 5.26 Å². The smallest absolute Gasteiger partial charge is 0.104 e. The van der Waals surface area contributed by atoms with Crippen molar-refractivity contribution in [2.75, 3.05) is 0 Å². The summed E-state index contributed by atoms with van der Waals surface area (Å²) in [4.78, 5) is 0. The van der Waals surface area contributed by atoms with E-state index in [-0.39, 0.29) is 0 Å². The molecular formula is C49H30N4. The van der Waals surface area contributed by atoms with Gasteiger partial charge in [-0.2, -0.15) is 5.26 Å². The van der Waals surface area contributed by atoms with Gasteiger partial charge < -0.3 is 13.7 Å². The Bertz CT molecular complexity index is 3240. The van der Waals surface area contributed by atoms with E-state index in [4.69, 9.17) is 0 Å². The van der Waals surface area contributed by atoms with Crippen molar-refractivity contribution >= 4 is 65.4 Å². The standard InChI is InChI=1S/C49H30N4/c50-31-41-46(52-43-20-9-5-15-35(43)36-16-6-10-21-44(36)52)23-12-24-47(41)53-45-22-11-7-18-38(45)40-29-32(26-28-48(40)53)33-25-27-39-37-17-4-8-19-42(37)51(49(39)30-33)34-13-2-1-3-14-34/h1-30H. The number of rotatable bonds is 4. The molecule has 4 nitrogen and oxygen atoms in total. The molecule has 0 saturated heterocycles. The van der Waals surface area contributed by atoms with Gasteiger partial charge in [0.2, 0.25) is 0 Å². The zero-order valence-corrected chi connectivity index (χ0v) is 28.6. The monoisotopic (exact) mass is 674 g/mol. The molecule has 0 atom stereocenters. The van der Waals surface area contributed by atoms with E-state index >= 15 is 0 Å². The third kappa shape index (κ3) is 4.22. The van der Waals surface area contributed by atoms with Crippen molar-refractivity contribution in [3.8, 4) is 34.3 Å². The number of fused-ring (bicyclic) bond motifs is 9. The number of hydrogen-bond acceptors (Lipinski definition) is 1. The molecule has 246 valence electrons. The van der Waals surface area contributed by atoms with Gasteiger partial charge >= 0.3 is 0 Å². The lowest BCUT2D eigenvalue weighted by atomic mass is 10.0. The Morgan fingerprint density at radius 1 is 0.321 bits per heavy atom. The fraction of sp³-hybridized carbons (Fsp3) is 0. The van der Waals surface area contributed by atoms with Crippen LogP contribution < -0.4 is 0 Å². The minimum absolute atomic E-state index is 0.630. The Kier molecular flexibility index (Phi) is 6.28. The Balaban J connectivity index is 1.13. The van der Waals surface area contributed by atoms with Gasteiger partial charge in [0, 0.05) is 38.0 Å². The van der Waals surface area contributed by atoms with Crippen molar-refractivity contribution in [1.82, 2.24) is 13.7 Å². The summed E-state index contributed by atoms with van der Waals surface area (Å²) < 4.78 is 6.87. The highest BCUT2D eigenvalue weighted by Crippen LogP contribution is 2.40. The van der Waals surface area contributed by atoms with E-state index in [1.165, 1.54) is 32.6 Å². The summed E-state index contributed by atoms with van der Waals surface area (Å²) in [5, 5.41) is 18.1. The molecule has 8 aromatic carbocycles. The number of benzene rings is 8. The van der Waals surface area contributed by atoms with E-state index in [1.54, 1.807) is 0 Å². The summed E-state index contributed by atoms with van der Waals surface area (Å²) in [6.45, 7) is 0. The highest BCUT2D eigenvalue weighted by Gasteiger charge is 2.21. The first-order valence-corrected chi connectivity index (χ1v) is 17.9. The Morgan fingerprint density at radius 2 is 0.755 bits per heavy atom. The van der Waals surface area contributed by atoms with Gasteiger partial charge in [-0.15, -0.1) is 0 Å². The van der Waals surface area contributed by atoms with E-state index in [1.807, 2.05) is 0 Å². The number of nitriles is 1. The predicted octanol–water partition coefficient (Wildman–Crippen LogP) is 12.5. The van der Waals surface area contributed by atoms with Crippen molar-refractivity contribution in [3.63, 3.8) is 0 Å². The second-order valence-electron chi connectivity index (χ2n) is 13.7. The summed E-state index contributed by atoms with van der Waals surface area (Å²) >= 11 is 0. The van der Waals surface area contributed by atoms with Crippen LogP contribution in [0, 0.1) is 11.3 Å². The maximum absolute atomic E-state index is 10.9. The molecule has 0 radical (unpaired) electrons. The zero-order chi connectivity index (χ0) is 35.0. The normalized spacial score (nSPS) is 11.8. The molecule has 0 saturated carbocycles. The average molecular weight is 675 g/mol. The second-order valence-corrected chi connectivity index (χ2v) is 13.7. The number of para-hydroxylation sites is 5. The van der Waals surface area contributed by atoms with Gasteiger partial charge in [0.15, 0.2) is 0 Å². The van der Waals surface area contributed by atoms with E-state index in [0.717, 1.165) is 61.0 Å². The molecule has 0 aliphatic rings. The molecule has 11 rings (SSSR count). The number of aromatic nitrogens is 3. The van der Waals surface area contributed by atoms with Gasteiger partial charge in [-0.3, -0.25) is 0 Å². The second kappa shape index (κ2) is 11.3. The van der Waals surface area contributed by atoms with E-state index in [0.29, 0.717) is 5.56 Å². The highest BCUT2D eigenvalue weighted by atomic mass is 15.0. The summed E-state index contributed by atoms with van der Waals surface area (Å²) in [6.07, 6.45) is 0. The molecule has 0 spiro atoms. The first kappa shape index (κ1) is 29.4. The van der Waals surface area contributed by atoms with E-state index in [2.05, 4.69) is 202 Å². The molecule has 3 aromatic heterocycles. The molecule has 11 aromatic rings. The predicted molar refractivity (Wildman–Crippen MR) is 220 cm³/mol. The summed E-state index contributed by atoms with van der Waals surface area (Å²) in [5.74, 6) is 0. The van der Waals surface area contributed by atoms with Crippen LogP contribution >= 0.6 is 0 Å². The molecular weight excluding hydrogens is 645 g/mol. The Hall–Kier alpha value is -7.35. The Labute approximate surface area is 305 Å². The summed E-state index contributed by atoms with van der Waals surface area (Å²) in [7, 11) is 0. The first-order chi connectivity index (χ1) is 26.3. The van der Waals surface area contributed by atoms with Crippen LogP contribution in [0.25, 0.3) is 93.6 Å². The van der Waals surface area contributed by atoms with E-state index < -0.39 is 0 Å². The molecule has 0 aliphatic heterocycles. The van der Waals surface area contributed by atoms with Gasteiger partial charge in [0.25, 0.3) is 0 Å². The van der Waals surface area contributed by atoms with Crippen LogP contribution in [0.4, 0.5) is 0 Å². The van der Waals surface area contributed by atoms with Gasteiger partial charge in [-0.1, -0.05) is 115 Å². The van der Waals surface area contributed by atoms with Gasteiger partial charge in [0.05, 0.1) is 44.5 Å². The molecule has 0 N–H and O–H groups in total. The van der Waals surface area contributed by atoms with Gasteiger partial charge in [-0.05, 0) is 77.9 Å². The molecule has 3 heterocycles. The molecule has 0 bridgehead atoms. The molecule has 0 unspecified atom stereocenters. The van der Waals surface area contributed by atoms with Gasteiger partial charge in [0.1, 0.15) is 11.6 Å². The largest absolute Gasteiger partial charge is 0.309 e. The van der Waals surface area contributed by atoms with Crippen LogP contribution in [0.15, 0.2) is 182 Å². The van der Waals surface area contributed by atoms with Crippen LogP contribution in [-0.2, 0) is 0 Å². The SMILES string of the molecule is N#Cc1c(-n2c3ccccc3c3ccccc32)cccc1-n1c2ccccc2c2cc(-c3ccc4c5ccccc5n(-c5ccccc5)c4c3)ccc21. The lowest BCUT2D eigenvalue weighted by Gasteiger charge is -2.15. The van der Waals surface area contributed by atoms with Gasteiger partial charge in [-0.25, -0.2) is 0 Å². The highest BCUT2D eigenvalue weighted by molar-refractivity contribution is 6.13. The average Bonchev–Trinajstić information content (AvgIpc) is 3.86. The van der Waals surface area contributed by atoms with Crippen molar-refractivity contribution in [1.29, 1.82) is 5.26 Å². The van der Waals surface area contributed by atoms with Crippen LogP contribution in [0.2, 0.25) is 0 Å². The minimum atomic E-state index is 0.630. The summed E-state index contributed by atoms with van der Waals surface area (Å²) in [6, 6.07) is 67.1. The quantitative estimate of drug-likeness (QED) is 0.183.